The van der Waals surface area contributed by atoms with Crippen LogP contribution in [0.2, 0.25) is 0 Å². The minimum absolute atomic E-state index is 0.291. The lowest BCUT2D eigenvalue weighted by Gasteiger charge is -2.43. The molecule has 0 amide bonds. The smallest absolute Gasteiger partial charge is 0.475 e. The first-order valence-corrected chi connectivity index (χ1v) is 8.50. The van der Waals surface area contributed by atoms with Crippen LogP contribution in [0.25, 0.3) is 0 Å². The highest BCUT2D eigenvalue weighted by Gasteiger charge is 2.39. The first-order valence-electron chi connectivity index (χ1n) is 8.50. The predicted molar refractivity (Wildman–Crippen MR) is 93.8 cm³/mol. The Morgan fingerprint density at radius 1 is 1.03 bits per heavy atom. The Kier molecular flexibility index (Phi) is 10.8. The van der Waals surface area contributed by atoms with E-state index in [0.29, 0.717) is 5.54 Å². The van der Waals surface area contributed by atoms with E-state index in [4.69, 9.17) is 19.8 Å². The Labute approximate surface area is 168 Å². The van der Waals surface area contributed by atoms with Crippen molar-refractivity contribution in [1.29, 1.82) is 0 Å². The third-order valence-electron chi connectivity index (χ3n) is 4.20. The lowest BCUT2D eigenvalue weighted by Crippen LogP contribution is -2.53. The lowest BCUT2D eigenvalue weighted by molar-refractivity contribution is -0.193. The Morgan fingerprint density at radius 2 is 1.47 bits per heavy atom. The van der Waals surface area contributed by atoms with Gasteiger partial charge < -0.3 is 20.4 Å². The van der Waals surface area contributed by atoms with Gasteiger partial charge in [0.2, 0.25) is 0 Å². The van der Waals surface area contributed by atoms with Crippen LogP contribution >= 0.6 is 0 Å². The van der Waals surface area contributed by atoms with Crippen molar-refractivity contribution in [2.75, 3.05) is 27.2 Å². The SMILES string of the molecule is CN(C)C1(Cc2ccccn2)CCNCC1.O=C(O)C(F)(F)F.O=C(O)C(F)(F)F. The van der Waals surface area contributed by atoms with Crippen molar-refractivity contribution in [3.8, 4) is 0 Å². The molecule has 13 heteroatoms. The normalized spacial score (nSPS) is 15.9. The van der Waals surface area contributed by atoms with Crippen LogP contribution in [0.15, 0.2) is 24.4 Å². The summed E-state index contributed by atoms with van der Waals surface area (Å²) in [4.78, 5) is 24.6. The van der Waals surface area contributed by atoms with Crippen LogP contribution in [0.5, 0.6) is 0 Å². The molecular weight excluding hydrogens is 424 g/mol. The second-order valence-electron chi connectivity index (χ2n) is 6.47. The van der Waals surface area contributed by atoms with Crippen molar-refractivity contribution in [3.63, 3.8) is 0 Å². The summed E-state index contributed by atoms with van der Waals surface area (Å²) in [7, 11) is 4.38. The third-order valence-corrected chi connectivity index (χ3v) is 4.20. The van der Waals surface area contributed by atoms with E-state index < -0.39 is 24.3 Å². The number of likely N-dealkylation sites (N-methyl/N-ethyl adjacent to an activating group) is 1. The first kappa shape index (κ1) is 27.6. The second-order valence-corrected chi connectivity index (χ2v) is 6.47. The molecule has 1 saturated heterocycles. The Morgan fingerprint density at radius 3 is 1.77 bits per heavy atom. The van der Waals surface area contributed by atoms with Crippen molar-refractivity contribution in [1.82, 2.24) is 15.2 Å². The summed E-state index contributed by atoms with van der Waals surface area (Å²) in [5.74, 6) is -5.51. The highest BCUT2D eigenvalue weighted by atomic mass is 19.4. The van der Waals surface area contributed by atoms with Crippen LogP contribution in [0.4, 0.5) is 26.3 Å². The number of hydrogen-bond acceptors (Lipinski definition) is 5. The summed E-state index contributed by atoms with van der Waals surface area (Å²) in [6, 6.07) is 6.19. The maximum Gasteiger partial charge on any atom is 0.490 e. The largest absolute Gasteiger partial charge is 0.490 e. The quantitative estimate of drug-likeness (QED) is 0.612. The number of alkyl halides is 6. The van der Waals surface area contributed by atoms with Gasteiger partial charge in [-0.05, 0) is 52.2 Å². The van der Waals surface area contributed by atoms with E-state index in [1.54, 1.807) is 0 Å². The molecule has 0 saturated carbocycles. The minimum Gasteiger partial charge on any atom is -0.475 e. The molecular formula is C17H23F6N3O4. The van der Waals surface area contributed by atoms with Crippen molar-refractivity contribution in [2.45, 2.75) is 37.2 Å². The zero-order chi connectivity index (χ0) is 23.6. The van der Waals surface area contributed by atoms with Crippen molar-refractivity contribution < 1.29 is 46.1 Å². The molecule has 1 aromatic heterocycles. The summed E-state index contributed by atoms with van der Waals surface area (Å²) in [6.07, 6.45) is -4.81. The van der Waals surface area contributed by atoms with Gasteiger partial charge in [0, 0.05) is 23.9 Å². The molecule has 1 aromatic rings. The summed E-state index contributed by atoms with van der Waals surface area (Å²) >= 11 is 0. The molecule has 0 bridgehead atoms. The highest BCUT2D eigenvalue weighted by molar-refractivity contribution is 5.73. The number of aromatic nitrogens is 1. The van der Waals surface area contributed by atoms with Gasteiger partial charge in [0.05, 0.1) is 0 Å². The molecule has 172 valence electrons. The Balaban J connectivity index is 0.000000503. The van der Waals surface area contributed by atoms with E-state index in [1.807, 2.05) is 12.3 Å². The fraction of sp³-hybridized carbons (Fsp3) is 0.588. The number of hydrogen-bond donors (Lipinski definition) is 3. The maximum absolute atomic E-state index is 10.6. The van der Waals surface area contributed by atoms with E-state index in [0.717, 1.165) is 19.5 Å². The van der Waals surface area contributed by atoms with Crippen molar-refractivity contribution in [2.24, 2.45) is 0 Å². The number of pyridine rings is 1. The molecule has 7 nitrogen and oxygen atoms in total. The van der Waals surface area contributed by atoms with Crippen LogP contribution in [-0.2, 0) is 16.0 Å². The molecule has 1 aliphatic rings. The van der Waals surface area contributed by atoms with Crippen LogP contribution in [0.3, 0.4) is 0 Å². The molecule has 0 atom stereocenters. The molecule has 0 aromatic carbocycles. The van der Waals surface area contributed by atoms with Gasteiger partial charge in [0.25, 0.3) is 0 Å². The Bertz CT molecular complexity index is 636. The average Bonchev–Trinajstić information content (AvgIpc) is 2.62. The van der Waals surface area contributed by atoms with Crippen LogP contribution in [0, 0.1) is 0 Å². The van der Waals surface area contributed by atoms with E-state index in [1.165, 1.54) is 18.5 Å². The minimum atomic E-state index is -5.08. The fourth-order valence-electron chi connectivity index (χ4n) is 2.51. The van der Waals surface area contributed by atoms with Crippen LogP contribution in [-0.4, -0.2) is 77.1 Å². The molecule has 0 aliphatic carbocycles. The van der Waals surface area contributed by atoms with Gasteiger partial charge in [-0.1, -0.05) is 6.07 Å². The van der Waals surface area contributed by atoms with E-state index in [2.05, 4.69) is 41.4 Å². The number of carboxylic acids is 2. The topological polar surface area (TPSA) is 103 Å². The summed E-state index contributed by atoms with van der Waals surface area (Å²) in [6.45, 7) is 2.23. The zero-order valence-corrected chi connectivity index (χ0v) is 16.2. The number of nitrogens with zero attached hydrogens (tertiary/aromatic N) is 2. The lowest BCUT2D eigenvalue weighted by atomic mass is 9.82. The third kappa shape index (κ3) is 10.4. The van der Waals surface area contributed by atoms with E-state index in [-0.39, 0.29) is 0 Å². The van der Waals surface area contributed by atoms with Gasteiger partial charge in [0.1, 0.15) is 0 Å². The molecule has 3 N–H and O–H groups in total. The fourth-order valence-corrected chi connectivity index (χ4v) is 2.51. The maximum atomic E-state index is 10.6. The van der Waals surface area contributed by atoms with Gasteiger partial charge in [-0.25, -0.2) is 9.59 Å². The Hall–Kier alpha value is -2.41. The summed E-state index contributed by atoms with van der Waals surface area (Å²) < 4.78 is 63.5. The van der Waals surface area contributed by atoms with E-state index >= 15 is 0 Å². The summed E-state index contributed by atoms with van der Waals surface area (Å²) in [5.41, 5.74) is 1.50. The van der Waals surface area contributed by atoms with Gasteiger partial charge in [0.15, 0.2) is 0 Å². The average molecular weight is 447 g/mol. The molecule has 30 heavy (non-hydrogen) atoms. The first-order chi connectivity index (χ1) is 13.6. The molecule has 0 spiro atoms. The van der Waals surface area contributed by atoms with Gasteiger partial charge in [-0.3, -0.25) is 4.98 Å². The number of halogens is 6. The monoisotopic (exact) mass is 447 g/mol. The molecule has 2 rings (SSSR count). The number of rotatable bonds is 3. The zero-order valence-electron chi connectivity index (χ0n) is 16.2. The number of carbonyl (C=O) groups is 2. The molecule has 1 aliphatic heterocycles. The standard InChI is InChI=1S/C13H21N3.2C2HF3O2/c1-16(2)13(6-9-14-10-7-13)11-12-5-3-4-8-15-12;2*3-2(4,5)1(6)7/h3-5,8,14H,6-7,9-11H2,1-2H3;2*(H,6,7). The molecule has 2 heterocycles. The van der Waals surface area contributed by atoms with Gasteiger partial charge in [-0.2, -0.15) is 26.3 Å². The highest BCUT2D eigenvalue weighted by Crippen LogP contribution is 2.27. The second kappa shape index (κ2) is 11.7. The number of aliphatic carboxylic acids is 2. The molecule has 0 unspecified atom stereocenters. The van der Waals surface area contributed by atoms with Gasteiger partial charge in [-0.15, -0.1) is 0 Å². The van der Waals surface area contributed by atoms with Gasteiger partial charge >= 0.3 is 24.3 Å². The summed E-state index contributed by atoms with van der Waals surface area (Å²) in [5, 5.41) is 17.7. The number of carboxylic acid groups (broad SMARTS) is 2. The van der Waals surface area contributed by atoms with Crippen molar-refractivity contribution in [3.05, 3.63) is 30.1 Å². The molecule has 1 fully saturated rings. The number of piperidine rings is 1. The predicted octanol–water partition coefficient (Wildman–Crippen LogP) is 2.57. The molecule has 0 radical (unpaired) electrons. The number of nitrogens with one attached hydrogen (secondary N) is 1. The van der Waals surface area contributed by atoms with E-state index in [9.17, 15) is 26.3 Å². The van der Waals surface area contributed by atoms with Crippen LogP contribution < -0.4 is 5.32 Å². The van der Waals surface area contributed by atoms with Crippen LogP contribution in [0.1, 0.15) is 18.5 Å². The van der Waals surface area contributed by atoms with Crippen molar-refractivity contribution >= 4 is 11.9 Å².